The van der Waals surface area contributed by atoms with Crippen molar-refractivity contribution >= 4 is 5.96 Å². The number of ether oxygens (including phenoxy) is 1. The zero-order chi connectivity index (χ0) is 18.9. The minimum Gasteiger partial charge on any atom is -0.468 e. The topological polar surface area (TPSA) is 58.5 Å². The maximum Gasteiger partial charge on any atom is 0.422 e. The molecule has 0 bridgehead atoms. The van der Waals surface area contributed by atoms with Gasteiger partial charge < -0.3 is 15.4 Å². The van der Waals surface area contributed by atoms with Gasteiger partial charge in [0, 0.05) is 31.9 Å². The number of pyridine rings is 1. The lowest BCUT2D eigenvalue weighted by molar-refractivity contribution is -0.154. The zero-order valence-corrected chi connectivity index (χ0v) is 15.2. The Bertz CT molecular complexity index is 547. The number of rotatable bonds is 8. The first-order valence-electron chi connectivity index (χ1n) is 8.31. The van der Waals surface area contributed by atoms with Crippen LogP contribution in [0.4, 0.5) is 13.2 Å². The van der Waals surface area contributed by atoms with E-state index in [-0.39, 0.29) is 11.9 Å². The lowest BCUT2D eigenvalue weighted by atomic mass is 10.0. The standard InChI is InChI=1S/C17H27F3N4O/c1-12(2)5-6-13(3)24-16(21-4)23-10-14-7-8-22-15(9-14)25-11-17(18,19)20/h7-9,12-13H,5-6,10-11H2,1-4H3,(H2,21,23,24). The molecule has 0 aromatic carbocycles. The smallest absolute Gasteiger partial charge is 0.422 e. The number of nitrogens with zero attached hydrogens (tertiary/aromatic N) is 2. The molecule has 5 nitrogen and oxygen atoms in total. The molecule has 142 valence electrons. The van der Waals surface area contributed by atoms with Gasteiger partial charge in [0.15, 0.2) is 12.6 Å². The van der Waals surface area contributed by atoms with E-state index in [2.05, 4.69) is 46.1 Å². The molecule has 1 heterocycles. The van der Waals surface area contributed by atoms with Crippen LogP contribution in [-0.2, 0) is 6.54 Å². The normalized spacial score (nSPS) is 13.7. The summed E-state index contributed by atoms with van der Waals surface area (Å²) in [5, 5.41) is 6.43. The molecule has 1 atom stereocenters. The maximum atomic E-state index is 12.2. The van der Waals surface area contributed by atoms with Crippen molar-refractivity contribution in [3.8, 4) is 5.88 Å². The third-order valence-electron chi connectivity index (χ3n) is 3.43. The fourth-order valence-electron chi connectivity index (χ4n) is 2.06. The van der Waals surface area contributed by atoms with Crippen LogP contribution in [-0.4, -0.2) is 36.8 Å². The van der Waals surface area contributed by atoms with Gasteiger partial charge in [0.1, 0.15) is 0 Å². The molecule has 1 unspecified atom stereocenters. The van der Waals surface area contributed by atoms with Crippen LogP contribution < -0.4 is 15.4 Å². The van der Waals surface area contributed by atoms with Crippen molar-refractivity contribution in [1.82, 2.24) is 15.6 Å². The molecule has 0 fully saturated rings. The van der Waals surface area contributed by atoms with E-state index in [4.69, 9.17) is 0 Å². The van der Waals surface area contributed by atoms with E-state index in [1.54, 1.807) is 13.1 Å². The summed E-state index contributed by atoms with van der Waals surface area (Å²) in [4.78, 5) is 7.94. The van der Waals surface area contributed by atoms with Crippen LogP contribution in [0.2, 0.25) is 0 Å². The van der Waals surface area contributed by atoms with E-state index in [0.29, 0.717) is 18.4 Å². The number of aromatic nitrogens is 1. The van der Waals surface area contributed by atoms with Crippen molar-refractivity contribution in [2.24, 2.45) is 10.9 Å². The molecule has 0 amide bonds. The summed E-state index contributed by atoms with van der Waals surface area (Å²) in [6.07, 6.45) is -0.809. The van der Waals surface area contributed by atoms with Crippen molar-refractivity contribution in [3.05, 3.63) is 23.9 Å². The summed E-state index contributed by atoms with van der Waals surface area (Å²) in [6, 6.07) is 3.47. The molecule has 25 heavy (non-hydrogen) atoms. The fourth-order valence-corrected chi connectivity index (χ4v) is 2.06. The van der Waals surface area contributed by atoms with Crippen LogP contribution in [0, 0.1) is 5.92 Å². The molecular weight excluding hydrogens is 333 g/mol. The minimum atomic E-state index is -4.38. The molecule has 0 aliphatic carbocycles. The maximum absolute atomic E-state index is 12.2. The van der Waals surface area contributed by atoms with Crippen molar-refractivity contribution in [1.29, 1.82) is 0 Å². The summed E-state index contributed by atoms with van der Waals surface area (Å²) < 4.78 is 41.2. The second-order valence-corrected chi connectivity index (χ2v) is 6.35. The van der Waals surface area contributed by atoms with Crippen LogP contribution in [0.25, 0.3) is 0 Å². The van der Waals surface area contributed by atoms with Gasteiger partial charge in [-0.05, 0) is 37.3 Å². The Morgan fingerprint density at radius 2 is 2.00 bits per heavy atom. The van der Waals surface area contributed by atoms with Crippen molar-refractivity contribution in [3.63, 3.8) is 0 Å². The number of nitrogens with one attached hydrogen (secondary N) is 2. The van der Waals surface area contributed by atoms with E-state index in [9.17, 15) is 13.2 Å². The SMILES string of the molecule is CN=C(NCc1ccnc(OCC(F)(F)F)c1)NC(C)CCC(C)C. The molecular formula is C17H27F3N4O. The fraction of sp³-hybridized carbons (Fsp3) is 0.647. The molecule has 0 radical (unpaired) electrons. The largest absolute Gasteiger partial charge is 0.468 e. The van der Waals surface area contributed by atoms with E-state index >= 15 is 0 Å². The summed E-state index contributed by atoms with van der Waals surface area (Å²) in [5.41, 5.74) is 0.755. The lowest BCUT2D eigenvalue weighted by Crippen LogP contribution is -2.41. The van der Waals surface area contributed by atoms with Crippen LogP contribution >= 0.6 is 0 Å². The predicted molar refractivity (Wildman–Crippen MR) is 92.7 cm³/mol. The Hall–Kier alpha value is -1.99. The Morgan fingerprint density at radius 3 is 2.60 bits per heavy atom. The number of hydrogen-bond donors (Lipinski definition) is 2. The highest BCUT2D eigenvalue weighted by molar-refractivity contribution is 5.79. The van der Waals surface area contributed by atoms with Crippen LogP contribution in [0.3, 0.4) is 0 Å². The number of hydrogen-bond acceptors (Lipinski definition) is 3. The molecule has 0 saturated carbocycles. The minimum absolute atomic E-state index is 0.0510. The average Bonchev–Trinajstić information content (AvgIpc) is 2.54. The number of guanidine groups is 1. The number of alkyl halides is 3. The highest BCUT2D eigenvalue weighted by Crippen LogP contribution is 2.17. The average molecular weight is 360 g/mol. The van der Waals surface area contributed by atoms with Gasteiger partial charge in [-0.25, -0.2) is 4.98 Å². The van der Waals surface area contributed by atoms with Gasteiger partial charge in [0.2, 0.25) is 5.88 Å². The van der Waals surface area contributed by atoms with Gasteiger partial charge >= 0.3 is 6.18 Å². The molecule has 8 heteroatoms. The summed E-state index contributed by atoms with van der Waals surface area (Å²) >= 11 is 0. The van der Waals surface area contributed by atoms with Crippen LogP contribution in [0.15, 0.2) is 23.3 Å². The monoisotopic (exact) mass is 360 g/mol. The zero-order valence-electron chi connectivity index (χ0n) is 15.2. The summed E-state index contributed by atoms with van der Waals surface area (Å²) in [6.45, 7) is 5.50. The Kier molecular flexibility index (Phi) is 8.51. The van der Waals surface area contributed by atoms with E-state index in [1.165, 1.54) is 12.3 Å². The van der Waals surface area contributed by atoms with Crippen molar-refractivity contribution in [2.45, 2.75) is 52.4 Å². The lowest BCUT2D eigenvalue weighted by Gasteiger charge is -2.19. The molecule has 2 N–H and O–H groups in total. The molecule has 0 saturated heterocycles. The molecule has 0 spiro atoms. The van der Waals surface area contributed by atoms with Crippen LogP contribution in [0.1, 0.15) is 39.2 Å². The highest BCUT2D eigenvalue weighted by atomic mass is 19.4. The second kappa shape index (κ2) is 10.1. The number of halogens is 3. The summed E-state index contributed by atoms with van der Waals surface area (Å²) in [7, 11) is 1.68. The van der Waals surface area contributed by atoms with Gasteiger partial charge in [-0.1, -0.05) is 13.8 Å². The molecule has 1 aromatic rings. The first-order valence-corrected chi connectivity index (χ1v) is 8.31. The molecule has 0 aliphatic rings. The Morgan fingerprint density at radius 1 is 1.28 bits per heavy atom. The Balaban J connectivity index is 2.49. The van der Waals surface area contributed by atoms with Gasteiger partial charge in [-0.15, -0.1) is 0 Å². The van der Waals surface area contributed by atoms with Crippen LogP contribution in [0.5, 0.6) is 5.88 Å². The Labute approximate surface area is 147 Å². The van der Waals surface area contributed by atoms with E-state index in [0.717, 1.165) is 18.4 Å². The third kappa shape index (κ3) is 9.79. The summed E-state index contributed by atoms with van der Waals surface area (Å²) in [5.74, 6) is 1.24. The van der Waals surface area contributed by atoms with Crippen molar-refractivity contribution in [2.75, 3.05) is 13.7 Å². The quantitative estimate of drug-likeness (QED) is 0.550. The first kappa shape index (κ1) is 21.1. The highest BCUT2D eigenvalue weighted by Gasteiger charge is 2.28. The van der Waals surface area contributed by atoms with E-state index < -0.39 is 12.8 Å². The van der Waals surface area contributed by atoms with Gasteiger partial charge in [0.25, 0.3) is 0 Å². The third-order valence-corrected chi connectivity index (χ3v) is 3.43. The molecule has 1 rings (SSSR count). The molecule has 1 aromatic heterocycles. The number of aliphatic imine (C=N–C) groups is 1. The molecule has 0 aliphatic heterocycles. The predicted octanol–water partition coefficient (Wildman–Crippen LogP) is 3.51. The second-order valence-electron chi connectivity index (χ2n) is 6.35. The van der Waals surface area contributed by atoms with Gasteiger partial charge in [-0.3, -0.25) is 4.99 Å². The van der Waals surface area contributed by atoms with Crippen molar-refractivity contribution < 1.29 is 17.9 Å². The first-order chi connectivity index (χ1) is 11.7. The van der Waals surface area contributed by atoms with Gasteiger partial charge in [0.05, 0.1) is 0 Å². The van der Waals surface area contributed by atoms with Gasteiger partial charge in [-0.2, -0.15) is 13.2 Å². The van der Waals surface area contributed by atoms with E-state index in [1.807, 2.05) is 0 Å².